The van der Waals surface area contributed by atoms with Crippen LogP contribution in [0.25, 0.3) is 28.2 Å². The van der Waals surface area contributed by atoms with Crippen molar-refractivity contribution in [1.29, 1.82) is 0 Å². The van der Waals surface area contributed by atoms with E-state index in [1.807, 2.05) is 66.7 Å². The van der Waals surface area contributed by atoms with Gasteiger partial charge in [0, 0.05) is 35.0 Å². The Bertz CT molecular complexity index is 1430. The van der Waals surface area contributed by atoms with Gasteiger partial charge in [-0.25, -0.2) is 0 Å². The number of H-pyrrole nitrogens is 1. The molecule has 0 radical (unpaired) electrons. The maximum absolute atomic E-state index is 5.30. The molecule has 4 aromatic carbocycles. The van der Waals surface area contributed by atoms with Crippen molar-refractivity contribution in [3.05, 3.63) is 127 Å². The van der Waals surface area contributed by atoms with Crippen molar-refractivity contribution in [3.8, 4) is 28.2 Å². The van der Waals surface area contributed by atoms with E-state index in [4.69, 9.17) is 12.2 Å². The first-order chi connectivity index (χ1) is 17.3. The molecule has 5 aromatic rings. The van der Waals surface area contributed by atoms with Gasteiger partial charge < -0.3 is 5.32 Å². The van der Waals surface area contributed by atoms with E-state index in [1.165, 1.54) is 0 Å². The Kier molecular flexibility index (Phi) is 6.73. The molecule has 170 valence electrons. The number of rotatable bonds is 6. The average molecular weight is 475 g/mol. The molecule has 0 aliphatic heterocycles. The molecule has 0 amide bonds. The second-order valence-electron chi connectivity index (χ2n) is 7.90. The smallest absolute Gasteiger partial charge is 0.245 e. The quantitative estimate of drug-likeness (QED) is 0.123. The van der Waals surface area contributed by atoms with Gasteiger partial charge in [-0.1, -0.05) is 71.4 Å². The van der Waals surface area contributed by atoms with Gasteiger partial charge >= 0.3 is 0 Å². The highest BCUT2D eigenvalue weighted by molar-refractivity contribution is 7.80. The van der Waals surface area contributed by atoms with Crippen molar-refractivity contribution in [2.45, 2.75) is 0 Å². The first kappa shape index (κ1) is 22.3. The Morgan fingerprint density at radius 1 is 0.743 bits per heavy atom. The predicted molar refractivity (Wildman–Crippen MR) is 147 cm³/mol. The molecule has 1 aromatic heterocycles. The van der Waals surface area contributed by atoms with Crippen molar-refractivity contribution < 1.29 is 4.68 Å². The van der Waals surface area contributed by atoms with E-state index in [9.17, 15) is 0 Å². The van der Waals surface area contributed by atoms with Crippen molar-refractivity contribution in [3.63, 3.8) is 0 Å². The van der Waals surface area contributed by atoms with Gasteiger partial charge in [0.1, 0.15) is 5.69 Å². The molecule has 1 heterocycles. The minimum absolute atomic E-state index is 0.437. The van der Waals surface area contributed by atoms with E-state index in [-0.39, 0.29) is 0 Å². The summed E-state index contributed by atoms with van der Waals surface area (Å²) in [6.45, 7) is 0. The van der Waals surface area contributed by atoms with Crippen LogP contribution in [0.4, 0.5) is 5.69 Å². The highest BCUT2D eigenvalue weighted by atomic mass is 32.1. The number of aromatic amines is 1. The van der Waals surface area contributed by atoms with Crippen LogP contribution in [0, 0.1) is 0 Å². The number of thiocarbonyl (C=S) groups is 1. The SMILES string of the molecule is S=C(NN=Cc1ccc(-[n+]2[nH]c(-c3ccccc3)cc2-c2ccccc2)cc1)Nc1ccccc1. The number of anilines is 1. The van der Waals surface area contributed by atoms with Gasteiger partial charge in [-0.3, -0.25) is 5.43 Å². The number of aromatic nitrogens is 2. The Labute approximate surface area is 209 Å². The molecular formula is C29H24N5S+. The highest BCUT2D eigenvalue weighted by Crippen LogP contribution is 2.24. The molecule has 0 fully saturated rings. The molecule has 5 rings (SSSR count). The normalized spacial score (nSPS) is 10.9. The molecule has 0 bridgehead atoms. The summed E-state index contributed by atoms with van der Waals surface area (Å²) in [5, 5.41) is 11.3. The number of nitrogens with one attached hydrogen (secondary N) is 3. The number of benzene rings is 4. The van der Waals surface area contributed by atoms with E-state index in [0.29, 0.717) is 5.11 Å². The summed E-state index contributed by atoms with van der Waals surface area (Å²) in [6.07, 6.45) is 1.75. The molecule has 0 aliphatic carbocycles. The number of hydrogen-bond acceptors (Lipinski definition) is 2. The third-order valence-electron chi connectivity index (χ3n) is 5.47. The third kappa shape index (κ3) is 5.51. The summed E-state index contributed by atoms with van der Waals surface area (Å²) in [5.41, 5.74) is 10.2. The zero-order chi connectivity index (χ0) is 23.9. The van der Waals surface area contributed by atoms with E-state index >= 15 is 0 Å². The molecule has 0 atom stereocenters. The molecule has 0 spiro atoms. The third-order valence-corrected chi connectivity index (χ3v) is 5.66. The van der Waals surface area contributed by atoms with Gasteiger partial charge in [0.15, 0.2) is 5.11 Å². The topological polar surface area (TPSA) is 56.1 Å². The van der Waals surface area contributed by atoms with Gasteiger partial charge in [-0.2, -0.15) is 10.2 Å². The maximum atomic E-state index is 5.30. The summed E-state index contributed by atoms with van der Waals surface area (Å²) in [6, 6.07) is 40.8. The van der Waals surface area contributed by atoms with E-state index in [2.05, 4.69) is 80.2 Å². The zero-order valence-electron chi connectivity index (χ0n) is 18.9. The lowest BCUT2D eigenvalue weighted by molar-refractivity contribution is -0.643. The molecule has 3 N–H and O–H groups in total. The summed E-state index contributed by atoms with van der Waals surface area (Å²) in [7, 11) is 0. The lowest BCUT2D eigenvalue weighted by atomic mass is 10.1. The van der Waals surface area contributed by atoms with Crippen LogP contribution in [0.2, 0.25) is 0 Å². The Morgan fingerprint density at radius 3 is 2.00 bits per heavy atom. The zero-order valence-corrected chi connectivity index (χ0v) is 19.7. The van der Waals surface area contributed by atoms with Gasteiger partial charge in [-0.15, -0.1) is 0 Å². The first-order valence-corrected chi connectivity index (χ1v) is 11.7. The maximum Gasteiger partial charge on any atom is 0.245 e. The molecule has 0 aliphatic rings. The van der Waals surface area contributed by atoms with E-state index < -0.39 is 0 Å². The van der Waals surface area contributed by atoms with Crippen LogP contribution in [0.15, 0.2) is 126 Å². The van der Waals surface area contributed by atoms with Crippen LogP contribution in [0.3, 0.4) is 0 Å². The van der Waals surface area contributed by atoms with Gasteiger partial charge in [0.05, 0.1) is 6.21 Å². The summed E-state index contributed by atoms with van der Waals surface area (Å²) < 4.78 is 2.11. The molecule has 0 unspecified atom stereocenters. The lowest BCUT2D eigenvalue weighted by Gasteiger charge is -2.06. The summed E-state index contributed by atoms with van der Waals surface area (Å²) >= 11 is 5.30. The van der Waals surface area contributed by atoms with E-state index in [0.717, 1.165) is 39.5 Å². The van der Waals surface area contributed by atoms with Gasteiger partial charge in [0.25, 0.3) is 0 Å². The predicted octanol–water partition coefficient (Wildman–Crippen LogP) is 5.95. The fraction of sp³-hybridized carbons (Fsp3) is 0. The molecule has 0 saturated carbocycles. The van der Waals surface area contributed by atoms with E-state index in [1.54, 1.807) is 6.21 Å². The summed E-state index contributed by atoms with van der Waals surface area (Å²) in [5.74, 6) is 0. The number of hydrazone groups is 1. The van der Waals surface area contributed by atoms with Crippen molar-refractivity contribution in [2.75, 3.05) is 5.32 Å². The fourth-order valence-electron chi connectivity index (χ4n) is 3.76. The van der Waals surface area contributed by atoms with Gasteiger partial charge in [-0.05, 0) is 54.2 Å². The van der Waals surface area contributed by atoms with Crippen molar-refractivity contribution in [1.82, 2.24) is 10.5 Å². The van der Waals surface area contributed by atoms with Crippen LogP contribution in [-0.2, 0) is 0 Å². The fourth-order valence-corrected chi connectivity index (χ4v) is 3.93. The van der Waals surface area contributed by atoms with Crippen molar-refractivity contribution >= 4 is 29.2 Å². The van der Waals surface area contributed by atoms with Crippen molar-refractivity contribution in [2.24, 2.45) is 5.10 Å². The molecule has 5 nitrogen and oxygen atoms in total. The first-order valence-electron chi connectivity index (χ1n) is 11.3. The van der Waals surface area contributed by atoms with Gasteiger partial charge in [0.2, 0.25) is 11.4 Å². The highest BCUT2D eigenvalue weighted by Gasteiger charge is 2.21. The van der Waals surface area contributed by atoms with Crippen LogP contribution in [0.5, 0.6) is 0 Å². The Balaban J connectivity index is 1.35. The Morgan fingerprint density at radius 2 is 1.34 bits per heavy atom. The largest absolute Gasteiger partial charge is 0.331 e. The average Bonchev–Trinajstić information content (AvgIpc) is 3.36. The minimum Gasteiger partial charge on any atom is -0.331 e. The standard InChI is InChI=1S/C29H23N5S/c35-29(31-25-14-8-3-9-15-25)32-30-21-22-16-18-26(19-17-22)34-28(24-12-6-2-7-13-24)20-27(33-34)23-10-4-1-5-11-23/h1-21H,(H2,31,32,35)/p+1. The molecule has 0 saturated heterocycles. The minimum atomic E-state index is 0.437. The lowest BCUT2D eigenvalue weighted by Crippen LogP contribution is -2.34. The monoisotopic (exact) mass is 474 g/mol. The number of para-hydroxylation sites is 1. The molecular weight excluding hydrogens is 450 g/mol. The van der Waals surface area contributed by atoms with Crippen LogP contribution < -0.4 is 15.4 Å². The van der Waals surface area contributed by atoms with Crippen LogP contribution in [-0.4, -0.2) is 16.4 Å². The Hall–Kier alpha value is -4.55. The number of nitrogens with zero attached hydrogens (tertiary/aromatic N) is 2. The number of hydrogen-bond donors (Lipinski definition) is 3. The molecule has 35 heavy (non-hydrogen) atoms. The molecule has 6 heteroatoms. The van der Waals surface area contributed by atoms with Crippen LogP contribution >= 0.6 is 12.2 Å². The summed E-state index contributed by atoms with van der Waals surface area (Å²) in [4.78, 5) is 0. The van der Waals surface area contributed by atoms with Crippen LogP contribution in [0.1, 0.15) is 5.56 Å². The second-order valence-corrected chi connectivity index (χ2v) is 8.31. The second kappa shape index (κ2) is 10.6.